The van der Waals surface area contributed by atoms with Crippen LogP contribution in [-0.4, -0.2) is 53.9 Å². The van der Waals surface area contributed by atoms with Crippen LogP contribution >= 0.6 is 0 Å². The van der Waals surface area contributed by atoms with Crippen molar-refractivity contribution >= 4 is 27.2 Å². The Bertz CT molecular complexity index is 648. The third-order valence-corrected chi connectivity index (χ3v) is 5.07. The third kappa shape index (κ3) is 3.20. The number of hydrogen-bond acceptors (Lipinski definition) is 8. The second-order valence-corrected chi connectivity index (χ2v) is 7.07. The van der Waals surface area contributed by atoms with Gasteiger partial charge >= 0.3 is 5.69 Å². The molecule has 2 rings (SSSR count). The molecule has 116 valence electrons. The highest BCUT2D eigenvalue weighted by Gasteiger charge is 2.34. The van der Waals surface area contributed by atoms with Gasteiger partial charge in [0.25, 0.3) is 0 Å². The smallest absolute Gasteiger partial charge is 0.353 e. The predicted octanol–water partition coefficient (Wildman–Crippen LogP) is 0.440. The summed E-state index contributed by atoms with van der Waals surface area (Å²) >= 11 is 0. The van der Waals surface area contributed by atoms with E-state index in [4.69, 9.17) is 0 Å². The third-order valence-electron chi connectivity index (χ3n) is 3.27. The van der Waals surface area contributed by atoms with Gasteiger partial charge in [-0.25, -0.2) is 18.4 Å². The molecule has 1 atom stereocenters. The zero-order valence-electron chi connectivity index (χ0n) is 11.8. The summed E-state index contributed by atoms with van der Waals surface area (Å²) in [6, 6.07) is -0.369. The van der Waals surface area contributed by atoms with Crippen LogP contribution in [0, 0.1) is 10.1 Å². The van der Waals surface area contributed by atoms with E-state index in [2.05, 4.69) is 15.3 Å². The molecule has 9 nitrogen and oxygen atoms in total. The number of rotatable bonds is 4. The maximum absolute atomic E-state index is 11.6. The number of nitrogens with zero attached hydrogens (tertiary/aromatic N) is 4. The van der Waals surface area contributed by atoms with Gasteiger partial charge in [-0.2, -0.15) is 0 Å². The first-order valence-corrected chi connectivity index (χ1v) is 8.38. The van der Waals surface area contributed by atoms with Crippen molar-refractivity contribution in [3.8, 4) is 0 Å². The molecule has 1 aromatic rings. The maximum atomic E-state index is 11.6. The number of anilines is 2. The number of sulfone groups is 1. The molecule has 21 heavy (non-hydrogen) atoms. The lowest BCUT2D eigenvalue weighted by atomic mass is 10.3. The van der Waals surface area contributed by atoms with E-state index in [9.17, 15) is 18.5 Å². The maximum Gasteiger partial charge on any atom is 0.353 e. The van der Waals surface area contributed by atoms with Crippen LogP contribution in [0.2, 0.25) is 0 Å². The first-order valence-electron chi connectivity index (χ1n) is 6.56. The molecule has 0 amide bonds. The Balaban J connectivity index is 2.44. The van der Waals surface area contributed by atoms with Gasteiger partial charge in [0.2, 0.25) is 11.6 Å². The van der Waals surface area contributed by atoms with Crippen LogP contribution in [0.25, 0.3) is 0 Å². The van der Waals surface area contributed by atoms with Gasteiger partial charge in [0.1, 0.15) is 6.33 Å². The molecule has 0 aromatic carbocycles. The summed E-state index contributed by atoms with van der Waals surface area (Å²) in [6.07, 6.45) is 1.25. The van der Waals surface area contributed by atoms with Gasteiger partial charge in [-0.1, -0.05) is 0 Å². The number of nitrogens with one attached hydrogen (secondary N) is 1. The highest BCUT2D eigenvalue weighted by Crippen LogP contribution is 2.33. The van der Waals surface area contributed by atoms with Crippen molar-refractivity contribution in [3.63, 3.8) is 0 Å². The molecule has 1 aliphatic heterocycles. The van der Waals surface area contributed by atoms with Crippen LogP contribution in [0.3, 0.4) is 0 Å². The second-order valence-electron chi connectivity index (χ2n) is 4.84. The molecule has 0 radical (unpaired) electrons. The van der Waals surface area contributed by atoms with Crippen molar-refractivity contribution in [1.82, 2.24) is 9.97 Å². The Morgan fingerprint density at radius 2 is 2.24 bits per heavy atom. The van der Waals surface area contributed by atoms with Crippen molar-refractivity contribution in [3.05, 3.63) is 16.4 Å². The highest BCUT2D eigenvalue weighted by atomic mass is 32.2. The minimum Gasteiger partial charge on any atom is -0.364 e. The monoisotopic (exact) mass is 315 g/mol. The van der Waals surface area contributed by atoms with Crippen LogP contribution in [0.4, 0.5) is 17.3 Å². The fourth-order valence-corrected chi connectivity index (χ4v) is 3.91. The molecule has 0 aliphatic carbocycles. The average Bonchev–Trinajstić information content (AvgIpc) is 2.37. The Hall–Kier alpha value is -1.97. The molecular weight excluding hydrogens is 298 g/mol. The topological polar surface area (TPSA) is 118 Å². The first kappa shape index (κ1) is 15.4. The zero-order valence-corrected chi connectivity index (χ0v) is 12.6. The SMILES string of the molecule is CCNc1ncnc(N2CCS(=O)(=O)CC2C)c1[N+](=O)[O-]. The fourth-order valence-electron chi connectivity index (χ4n) is 2.36. The minimum absolute atomic E-state index is 0.0327. The molecule has 1 saturated heterocycles. The lowest BCUT2D eigenvalue weighted by Gasteiger charge is -2.33. The zero-order chi connectivity index (χ0) is 15.6. The van der Waals surface area contributed by atoms with Crippen LogP contribution in [0.1, 0.15) is 13.8 Å². The van der Waals surface area contributed by atoms with Crippen LogP contribution < -0.4 is 10.2 Å². The van der Waals surface area contributed by atoms with E-state index in [-0.39, 0.29) is 41.4 Å². The Morgan fingerprint density at radius 1 is 1.52 bits per heavy atom. The van der Waals surface area contributed by atoms with E-state index in [1.165, 1.54) is 6.33 Å². The molecule has 1 unspecified atom stereocenters. The summed E-state index contributed by atoms with van der Waals surface area (Å²) in [5, 5.41) is 14.2. The van der Waals surface area contributed by atoms with E-state index in [1.807, 2.05) is 6.92 Å². The van der Waals surface area contributed by atoms with Crippen molar-refractivity contribution in [1.29, 1.82) is 0 Å². The molecule has 1 aliphatic rings. The number of hydrogen-bond donors (Lipinski definition) is 1. The predicted molar refractivity (Wildman–Crippen MR) is 78.3 cm³/mol. The molecule has 0 bridgehead atoms. The summed E-state index contributed by atoms with van der Waals surface area (Å²) in [4.78, 5) is 20.3. The summed E-state index contributed by atoms with van der Waals surface area (Å²) in [7, 11) is -3.10. The quantitative estimate of drug-likeness (QED) is 0.628. The molecule has 0 spiro atoms. The fraction of sp³-hybridized carbons (Fsp3) is 0.636. The number of nitro groups is 1. The van der Waals surface area contributed by atoms with E-state index >= 15 is 0 Å². The van der Waals surface area contributed by atoms with Gasteiger partial charge in [0.15, 0.2) is 9.84 Å². The van der Waals surface area contributed by atoms with Crippen LogP contribution in [-0.2, 0) is 9.84 Å². The van der Waals surface area contributed by atoms with Crippen molar-refractivity contribution in [2.75, 3.05) is 34.8 Å². The van der Waals surface area contributed by atoms with E-state index < -0.39 is 14.8 Å². The van der Waals surface area contributed by atoms with Crippen LogP contribution in [0.15, 0.2) is 6.33 Å². The lowest BCUT2D eigenvalue weighted by molar-refractivity contribution is -0.383. The van der Waals surface area contributed by atoms with Gasteiger partial charge in [0.05, 0.1) is 16.4 Å². The summed E-state index contributed by atoms with van der Waals surface area (Å²) in [5.74, 6) is 0.237. The normalized spacial score (nSPS) is 21.0. The standard InChI is InChI=1S/C11H17N5O4S/c1-3-12-10-9(16(17)18)11(14-7-13-10)15-4-5-21(19,20)6-8(15)2/h7-8H,3-6H2,1-2H3,(H,12,13,14). The van der Waals surface area contributed by atoms with E-state index in [0.29, 0.717) is 6.54 Å². The molecule has 10 heteroatoms. The Morgan fingerprint density at radius 3 is 2.81 bits per heavy atom. The van der Waals surface area contributed by atoms with Gasteiger partial charge in [-0.3, -0.25) is 10.1 Å². The van der Waals surface area contributed by atoms with Crippen molar-refractivity contribution in [2.24, 2.45) is 0 Å². The average molecular weight is 315 g/mol. The van der Waals surface area contributed by atoms with Gasteiger partial charge in [0, 0.05) is 19.1 Å². The molecule has 0 saturated carbocycles. The summed E-state index contributed by atoms with van der Waals surface area (Å²) in [6.45, 7) is 4.20. The van der Waals surface area contributed by atoms with Gasteiger partial charge in [-0.05, 0) is 13.8 Å². The molecule has 1 fully saturated rings. The minimum atomic E-state index is -3.10. The highest BCUT2D eigenvalue weighted by molar-refractivity contribution is 7.91. The van der Waals surface area contributed by atoms with Crippen molar-refractivity contribution < 1.29 is 13.3 Å². The molecule has 2 heterocycles. The van der Waals surface area contributed by atoms with Gasteiger partial charge < -0.3 is 10.2 Å². The molecule has 1 aromatic heterocycles. The largest absolute Gasteiger partial charge is 0.364 e. The summed E-state index contributed by atoms with van der Waals surface area (Å²) in [5.41, 5.74) is -0.217. The van der Waals surface area contributed by atoms with E-state index in [0.717, 1.165) is 0 Å². The van der Waals surface area contributed by atoms with Gasteiger partial charge in [-0.15, -0.1) is 0 Å². The summed E-state index contributed by atoms with van der Waals surface area (Å²) < 4.78 is 23.2. The first-order chi connectivity index (χ1) is 9.85. The van der Waals surface area contributed by atoms with Crippen molar-refractivity contribution in [2.45, 2.75) is 19.9 Å². The second kappa shape index (κ2) is 5.80. The number of aromatic nitrogens is 2. The lowest BCUT2D eigenvalue weighted by Crippen LogP contribution is -2.47. The molecule has 1 N–H and O–H groups in total. The van der Waals surface area contributed by atoms with E-state index in [1.54, 1.807) is 11.8 Å². The Kier molecular flexibility index (Phi) is 4.26. The van der Waals surface area contributed by atoms with Crippen LogP contribution in [0.5, 0.6) is 0 Å². The molecular formula is C11H17N5O4S. The Labute approximate surface area is 122 Å².